The van der Waals surface area contributed by atoms with Crippen molar-refractivity contribution in [1.29, 1.82) is 0 Å². The monoisotopic (exact) mass is 360 g/mol. The lowest BCUT2D eigenvalue weighted by molar-refractivity contribution is 0.0464. The Bertz CT molecular complexity index is 585. The zero-order valence-electron chi connectivity index (χ0n) is 17.1. The minimum Gasteiger partial charge on any atom is -0.392 e. The first-order chi connectivity index (χ1) is 11.7. The molecule has 0 radical (unpaired) electrons. The molecule has 1 aliphatic carbocycles. The number of allylic oxidation sites excluding steroid dienone is 1. The molecular weight excluding hydrogens is 324 g/mol. The lowest BCUT2D eigenvalue weighted by Gasteiger charge is -2.38. The van der Waals surface area contributed by atoms with E-state index in [4.69, 9.17) is 4.74 Å². The van der Waals surface area contributed by atoms with E-state index in [-0.39, 0.29) is 18.8 Å². The highest BCUT2D eigenvalue weighted by Gasteiger charge is 2.50. The standard InChI is InChI=1S/C22H36O2Si/c1-15(2)18-11-10-16(3)20-19(9-8-14-25(5,6)7)24-22(21(18)20)17(4)12-13-23/h10,12,15,18-23H,9,11,13H2,1-7H3/b17-12+/t18-,19-,20-,21-,22+/m1/s1. The lowest BCUT2D eigenvalue weighted by Crippen LogP contribution is -2.36. The predicted molar refractivity (Wildman–Crippen MR) is 109 cm³/mol. The molecule has 0 aromatic carbocycles. The fourth-order valence-electron chi connectivity index (χ4n) is 4.48. The van der Waals surface area contributed by atoms with Gasteiger partial charge < -0.3 is 9.84 Å². The number of aliphatic hydroxyl groups is 1. The van der Waals surface area contributed by atoms with Crippen molar-refractivity contribution in [1.82, 2.24) is 0 Å². The zero-order chi connectivity index (χ0) is 18.8. The molecule has 1 fully saturated rings. The summed E-state index contributed by atoms with van der Waals surface area (Å²) < 4.78 is 6.58. The fraction of sp³-hybridized carbons (Fsp3) is 0.727. The summed E-state index contributed by atoms with van der Waals surface area (Å²) in [6, 6.07) is 0. The minimum atomic E-state index is -1.35. The number of aliphatic hydroxyl groups excluding tert-OH is 1. The van der Waals surface area contributed by atoms with E-state index in [2.05, 4.69) is 64.9 Å². The SMILES string of the molecule is CC1=CC[C@H](C(C)C)[C@@H]2[C@H]1[C@@H](CC#C[Si](C)(C)C)O[C@H]2/C(C)=C/CO. The first kappa shape index (κ1) is 20.5. The van der Waals surface area contributed by atoms with Gasteiger partial charge in [0.05, 0.1) is 18.8 Å². The maximum Gasteiger partial charge on any atom is 0.129 e. The molecule has 0 saturated carbocycles. The molecule has 0 bridgehead atoms. The predicted octanol–water partition coefficient (Wildman–Crippen LogP) is 4.82. The summed E-state index contributed by atoms with van der Waals surface area (Å²) in [5, 5.41) is 9.36. The Labute approximate surface area is 155 Å². The van der Waals surface area contributed by atoms with E-state index in [1.165, 1.54) is 11.1 Å². The van der Waals surface area contributed by atoms with E-state index in [9.17, 15) is 5.11 Å². The van der Waals surface area contributed by atoms with Gasteiger partial charge in [0.2, 0.25) is 0 Å². The van der Waals surface area contributed by atoms with E-state index in [0.29, 0.717) is 23.7 Å². The molecule has 2 aliphatic rings. The third-order valence-corrected chi connectivity index (χ3v) is 6.63. The van der Waals surface area contributed by atoms with Crippen LogP contribution in [0.5, 0.6) is 0 Å². The number of ether oxygens (including phenoxy) is 1. The summed E-state index contributed by atoms with van der Waals surface area (Å²) in [5.74, 6) is 5.69. The topological polar surface area (TPSA) is 29.5 Å². The molecule has 1 aliphatic heterocycles. The molecular formula is C22H36O2Si. The number of fused-ring (bicyclic) bond motifs is 1. The number of hydrogen-bond donors (Lipinski definition) is 1. The molecule has 3 heteroatoms. The van der Waals surface area contributed by atoms with Gasteiger partial charge in [-0.05, 0) is 37.7 Å². The van der Waals surface area contributed by atoms with Crippen molar-refractivity contribution in [2.24, 2.45) is 23.7 Å². The number of rotatable bonds is 4. The summed E-state index contributed by atoms with van der Waals surface area (Å²) in [5.41, 5.74) is 6.15. The highest BCUT2D eigenvalue weighted by atomic mass is 28.3. The maximum atomic E-state index is 9.36. The Hall–Kier alpha value is -0.823. The van der Waals surface area contributed by atoms with Crippen molar-refractivity contribution in [2.75, 3.05) is 6.61 Å². The van der Waals surface area contributed by atoms with Gasteiger partial charge in [0, 0.05) is 18.3 Å². The molecule has 25 heavy (non-hydrogen) atoms. The Morgan fingerprint density at radius 1 is 1.40 bits per heavy atom. The van der Waals surface area contributed by atoms with Gasteiger partial charge in [-0.3, -0.25) is 0 Å². The van der Waals surface area contributed by atoms with Crippen LogP contribution < -0.4 is 0 Å². The van der Waals surface area contributed by atoms with Crippen molar-refractivity contribution in [3.63, 3.8) is 0 Å². The second-order valence-corrected chi connectivity index (χ2v) is 13.9. The average Bonchev–Trinajstić information content (AvgIpc) is 2.87. The van der Waals surface area contributed by atoms with Crippen LogP contribution in [0.15, 0.2) is 23.3 Å². The largest absolute Gasteiger partial charge is 0.392 e. The van der Waals surface area contributed by atoms with Gasteiger partial charge in [-0.2, -0.15) is 0 Å². The van der Waals surface area contributed by atoms with E-state index in [1.807, 2.05) is 6.08 Å². The Kier molecular flexibility index (Phi) is 6.76. The molecule has 5 atom stereocenters. The lowest BCUT2D eigenvalue weighted by atomic mass is 9.65. The molecule has 0 aromatic rings. The van der Waals surface area contributed by atoms with Crippen LogP contribution >= 0.6 is 0 Å². The van der Waals surface area contributed by atoms with E-state index in [1.54, 1.807) is 0 Å². The third kappa shape index (κ3) is 4.87. The van der Waals surface area contributed by atoms with Crippen LogP contribution in [0.2, 0.25) is 19.6 Å². The molecule has 0 spiro atoms. The van der Waals surface area contributed by atoms with Crippen LogP contribution in [0.3, 0.4) is 0 Å². The van der Waals surface area contributed by atoms with Crippen LogP contribution in [0, 0.1) is 35.1 Å². The van der Waals surface area contributed by atoms with Crippen molar-refractivity contribution < 1.29 is 9.84 Å². The summed E-state index contributed by atoms with van der Waals surface area (Å²) in [6.07, 6.45) is 6.62. The smallest absolute Gasteiger partial charge is 0.129 e. The summed E-state index contributed by atoms with van der Waals surface area (Å²) >= 11 is 0. The van der Waals surface area contributed by atoms with Crippen molar-refractivity contribution in [3.8, 4) is 11.5 Å². The van der Waals surface area contributed by atoms with Crippen LogP contribution in [-0.4, -0.2) is 32.0 Å². The zero-order valence-corrected chi connectivity index (χ0v) is 18.1. The first-order valence-corrected chi connectivity index (χ1v) is 13.3. The second-order valence-electron chi connectivity index (χ2n) is 9.18. The number of hydrogen-bond acceptors (Lipinski definition) is 2. The summed E-state index contributed by atoms with van der Waals surface area (Å²) in [4.78, 5) is 0. The molecule has 0 amide bonds. The first-order valence-electron chi connectivity index (χ1n) is 9.75. The average molecular weight is 361 g/mol. The highest BCUT2D eigenvalue weighted by Crippen LogP contribution is 2.50. The third-order valence-electron chi connectivity index (χ3n) is 5.70. The van der Waals surface area contributed by atoms with Crippen LogP contribution in [0.1, 0.15) is 40.5 Å². The van der Waals surface area contributed by atoms with Crippen LogP contribution in [0.25, 0.3) is 0 Å². The van der Waals surface area contributed by atoms with Crippen molar-refractivity contribution in [3.05, 3.63) is 23.3 Å². The molecule has 2 nitrogen and oxygen atoms in total. The highest BCUT2D eigenvalue weighted by molar-refractivity contribution is 6.83. The van der Waals surface area contributed by atoms with E-state index >= 15 is 0 Å². The Morgan fingerprint density at radius 2 is 2.08 bits per heavy atom. The van der Waals surface area contributed by atoms with Crippen molar-refractivity contribution in [2.45, 2.75) is 72.4 Å². The molecule has 1 N–H and O–H groups in total. The van der Waals surface area contributed by atoms with Crippen LogP contribution in [-0.2, 0) is 4.74 Å². The Morgan fingerprint density at radius 3 is 2.64 bits per heavy atom. The van der Waals surface area contributed by atoms with Gasteiger partial charge in [-0.1, -0.05) is 51.2 Å². The Balaban J connectivity index is 2.33. The summed E-state index contributed by atoms with van der Waals surface area (Å²) in [6.45, 7) is 16.0. The maximum absolute atomic E-state index is 9.36. The molecule has 2 rings (SSSR count). The van der Waals surface area contributed by atoms with Gasteiger partial charge in [0.15, 0.2) is 0 Å². The molecule has 1 saturated heterocycles. The quantitative estimate of drug-likeness (QED) is 0.442. The fourth-order valence-corrected chi connectivity index (χ4v) is 5.11. The van der Waals surface area contributed by atoms with E-state index < -0.39 is 8.07 Å². The molecule has 1 heterocycles. The van der Waals surface area contributed by atoms with Crippen LogP contribution in [0.4, 0.5) is 0 Å². The summed E-state index contributed by atoms with van der Waals surface area (Å²) in [7, 11) is -1.35. The van der Waals surface area contributed by atoms with Gasteiger partial charge >= 0.3 is 0 Å². The second kappa shape index (κ2) is 8.25. The van der Waals surface area contributed by atoms with E-state index in [0.717, 1.165) is 12.8 Å². The van der Waals surface area contributed by atoms with Gasteiger partial charge in [-0.25, -0.2) is 0 Å². The van der Waals surface area contributed by atoms with Gasteiger partial charge in [0.25, 0.3) is 0 Å². The molecule has 0 unspecified atom stereocenters. The van der Waals surface area contributed by atoms with Gasteiger partial charge in [0.1, 0.15) is 8.07 Å². The normalized spacial score (nSPS) is 32.9. The van der Waals surface area contributed by atoms with Crippen molar-refractivity contribution >= 4 is 8.07 Å². The molecule has 0 aromatic heterocycles. The van der Waals surface area contributed by atoms with Gasteiger partial charge in [-0.15, -0.1) is 11.5 Å². The molecule has 140 valence electrons. The minimum absolute atomic E-state index is 0.0876.